The van der Waals surface area contributed by atoms with Crippen LogP contribution in [0, 0.1) is 0 Å². The highest BCUT2D eigenvalue weighted by Crippen LogP contribution is 1.93. The summed E-state index contributed by atoms with van der Waals surface area (Å²) in [6.45, 7) is 4.15. The van der Waals surface area contributed by atoms with Gasteiger partial charge in [-0.05, 0) is 6.92 Å². The summed E-state index contributed by atoms with van der Waals surface area (Å²) in [5.41, 5.74) is 0. The second-order valence-corrected chi connectivity index (χ2v) is 3.08. The molecule has 0 N–H and O–H groups in total. The first kappa shape index (κ1) is 13.7. The lowest BCUT2D eigenvalue weighted by molar-refractivity contribution is -0.136. The van der Waals surface area contributed by atoms with Crippen LogP contribution in [-0.2, 0) is 14.3 Å². The number of hydrogen-bond acceptors (Lipinski definition) is 3. The fraction of sp³-hybridized carbons (Fsp3) is 0.889. The van der Waals surface area contributed by atoms with Gasteiger partial charge in [-0.2, -0.15) is 0 Å². The molecule has 0 fully saturated rings. The van der Waals surface area contributed by atoms with Crippen molar-refractivity contribution < 1.29 is 14.3 Å². The van der Waals surface area contributed by atoms with Crippen molar-refractivity contribution in [2.75, 3.05) is 45.9 Å². The van der Waals surface area contributed by atoms with Crippen molar-refractivity contribution >= 4 is 17.5 Å². The maximum absolute atomic E-state index is 11.5. The monoisotopic (exact) mass is 223 g/mol. The minimum atomic E-state index is -0.0375. The summed E-state index contributed by atoms with van der Waals surface area (Å²) in [5, 5.41) is 0. The molecule has 4 nitrogen and oxygen atoms in total. The van der Waals surface area contributed by atoms with E-state index in [1.165, 1.54) is 0 Å². The van der Waals surface area contributed by atoms with Gasteiger partial charge in [0.15, 0.2) is 0 Å². The van der Waals surface area contributed by atoms with Crippen molar-refractivity contribution in [3.63, 3.8) is 0 Å². The molecule has 0 aromatic heterocycles. The third kappa shape index (κ3) is 6.18. The summed E-state index contributed by atoms with van der Waals surface area (Å²) in [6, 6.07) is 0. The summed E-state index contributed by atoms with van der Waals surface area (Å²) < 4.78 is 9.92. The van der Waals surface area contributed by atoms with Gasteiger partial charge in [-0.3, -0.25) is 4.79 Å². The topological polar surface area (TPSA) is 38.8 Å². The average Bonchev–Trinajstić information content (AvgIpc) is 2.20. The van der Waals surface area contributed by atoms with Crippen LogP contribution in [0.2, 0.25) is 0 Å². The first-order valence-electron chi connectivity index (χ1n) is 4.66. The predicted molar refractivity (Wildman–Crippen MR) is 55.7 cm³/mol. The first-order valence-corrected chi connectivity index (χ1v) is 5.20. The summed E-state index contributed by atoms with van der Waals surface area (Å²) in [5.74, 6) is 0.395. The van der Waals surface area contributed by atoms with Gasteiger partial charge in [-0.1, -0.05) is 0 Å². The Labute approximate surface area is 90.1 Å². The number of methoxy groups -OCH3 is 1. The van der Waals surface area contributed by atoms with E-state index >= 15 is 0 Å². The van der Waals surface area contributed by atoms with Crippen LogP contribution in [0.5, 0.6) is 0 Å². The number of nitrogens with zero attached hydrogens (tertiary/aromatic N) is 1. The summed E-state index contributed by atoms with van der Waals surface area (Å²) in [7, 11) is 1.60. The predicted octanol–water partition coefficient (Wildman–Crippen LogP) is 0.737. The molecular formula is C9H18ClNO3. The van der Waals surface area contributed by atoms with Crippen LogP contribution in [0.25, 0.3) is 0 Å². The molecule has 0 spiro atoms. The molecule has 0 aliphatic carbocycles. The molecule has 0 atom stereocenters. The fourth-order valence-corrected chi connectivity index (χ4v) is 1.15. The Hall–Kier alpha value is -0.320. The highest BCUT2D eigenvalue weighted by atomic mass is 35.5. The first-order chi connectivity index (χ1) is 6.76. The smallest absolute Gasteiger partial charge is 0.248 e. The van der Waals surface area contributed by atoms with Crippen molar-refractivity contribution in [1.29, 1.82) is 0 Å². The zero-order chi connectivity index (χ0) is 10.8. The molecule has 0 rings (SSSR count). The van der Waals surface area contributed by atoms with Gasteiger partial charge in [0.2, 0.25) is 5.91 Å². The third-order valence-corrected chi connectivity index (χ3v) is 1.87. The fourth-order valence-electron chi connectivity index (χ4n) is 0.945. The zero-order valence-corrected chi connectivity index (χ0v) is 9.55. The van der Waals surface area contributed by atoms with Crippen LogP contribution in [0.15, 0.2) is 0 Å². The maximum atomic E-state index is 11.5. The Kier molecular flexibility index (Phi) is 9.03. The van der Waals surface area contributed by atoms with Crippen molar-refractivity contribution in [2.45, 2.75) is 6.92 Å². The van der Waals surface area contributed by atoms with Gasteiger partial charge in [-0.15, -0.1) is 11.6 Å². The lowest BCUT2D eigenvalue weighted by atomic mass is 10.4. The minimum Gasteiger partial charge on any atom is -0.383 e. The highest BCUT2D eigenvalue weighted by molar-refractivity contribution is 6.18. The normalized spacial score (nSPS) is 10.2. The Balaban J connectivity index is 3.84. The largest absolute Gasteiger partial charge is 0.383 e. The van der Waals surface area contributed by atoms with E-state index in [2.05, 4.69) is 0 Å². The van der Waals surface area contributed by atoms with Gasteiger partial charge in [0.25, 0.3) is 0 Å². The van der Waals surface area contributed by atoms with Crippen molar-refractivity contribution in [2.24, 2.45) is 0 Å². The molecule has 84 valence electrons. The number of alkyl halides is 1. The number of halogens is 1. The molecule has 5 heteroatoms. The van der Waals surface area contributed by atoms with E-state index in [9.17, 15) is 4.79 Å². The molecule has 0 aromatic rings. The van der Waals surface area contributed by atoms with Gasteiger partial charge in [0.05, 0.1) is 6.61 Å². The Morgan fingerprint density at radius 1 is 1.43 bits per heavy atom. The molecule has 1 amide bonds. The van der Waals surface area contributed by atoms with E-state index in [4.69, 9.17) is 21.1 Å². The number of ether oxygens (including phenoxy) is 2. The van der Waals surface area contributed by atoms with Gasteiger partial charge >= 0.3 is 0 Å². The molecular weight excluding hydrogens is 206 g/mol. The molecule has 14 heavy (non-hydrogen) atoms. The van der Waals surface area contributed by atoms with E-state index in [-0.39, 0.29) is 12.5 Å². The van der Waals surface area contributed by atoms with E-state index in [0.717, 1.165) is 0 Å². The molecule has 0 unspecified atom stereocenters. The molecule has 0 aliphatic rings. The van der Waals surface area contributed by atoms with Crippen LogP contribution in [-0.4, -0.2) is 56.7 Å². The number of hydrogen-bond donors (Lipinski definition) is 0. The molecule has 0 saturated heterocycles. The third-order valence-electron chi connectivity index (χ3n) is 1.70. The Morgan fingerprint density at radius 2 is 2.14 bits per heavy atom. The van der Waals surface area contributed by atoms with E-state index < -0.39 is 0 Å². The highest BCUT2D eigenvalue weighted by Gasteiger charge is 2.11. The minimum absolute atomic E-state index is 0.0375. The molecule has 0 saturated carbocycles. The van der Waals surface area contributed by atoms with Crippen molar-refractivity contribution in [3.05, 3.63) is 0 Å². The Bertz CT molecular complexity index is 155. The van der Waals surface area contributed by atoms with Gasteiger partial charge < -0.3 is 14.4 Å². The second-order valence-electron chi connectivity index (χ2n) is 2.70. The van der Waals surface area contributed by atoms with Crippen LogP contribution in [0.4, 0.5) is 0 Å². The summed E-state index contributed by atoms with van der Waals surface area (Å²) in [4.78, 5) is 13.1. The van der Waals surface area contributed by atoms with Gasteiger partial charge in [0, 0.05) is 32.7 Å². The Morgan fingerprint density at radius 3 is 2.64 bits per heavy atom. The molecule has 0 aliphatic heterocycles. The lowest BCUT2D eigenvalue weighted by Crippen LogP contribution is -2.37. The zero-order valence-electron chi connectivity index (χ0n) is 8.79. The average molecular weight is 224 g/mol. The number of carbonyl (C=O) groups excluding carboxylic acids is 1. The van der Waals surface area contributed by atoms with Crippen LogP contribution in [0.3, 0.4) is 0 Å². The quantitative estimate of drug-likeness (QED) is 0.570. The molecule has 0 heterocycles. The standard InChI is InChI=1S/C9H18ClNO3/c1-3-14-8-9(12)11(5-4-10)6-7-13-2/h3-8H2,1-2H3. The number of carbonyl (C=O) groups is 1. The van der Waals surface area contributed by atoms with E-state index in [1.54, 1.807) is 12.0 Å². The number of amides is 1. The molecule has 0 radical (unpaired) electrons. The molecule has 0 aromatic carbocycles. The van der Waals surface area contributed by atoms with Crippen LogP contribution < -0.4 is 0 Å². The second kappa shape index (κ2) is 9.24. The molecule has 0 bridgehead atoms. The van der Waals surface area contributed by atoms with Crippen molar-refractivity contribution in [3.8, 4) is 0 Å². The summed E-state index contributed by atoms with van der Waals surface area (Å²) >= 11 is 5.58. The lowest BCUT2D eigenvalue weighted by Gasteiger charge is -2.20. The number of rotatable bonds is 8. The van der Waals surface area contributed by atoms with Crippen LogP contribution >= 0.6 is 11.6 Å². The summed E-state index contributed by atoms with van der Waals surface area (Å²) in [6.07, 6.45) is 0. The maximum Gasteiger partial charge on any atom is 0.248 e. The van der Waals surface area contributed by atoms with Crippen molar-refractivity contribution in [1.82, 2.24) is 4.90 Å². The van der Waals surface area contributed by atoms with E-state index in [0.29, 0.717) is 32.2 Å². The SMILES string of the molecule is CCOCC(=O)N(CCCl)CCOC. The van der Waals surface area contributed by atoms with Crippen LogP contribution in [0.1, 0.15) is 6.92 Å². The van der Waals surface area contributed by atoms with Gasteiger partial charge in [-0.25, -0.2) is 0 Å². The van der Waals surface area contributed by atoms with E-state index in [1.807, 2.05) is 6.92 Å². The van der Waals surface area contributed by atoms with Gasteiger partial charge in [0.1, 0.15) is 6.61 Å².